The molecule has 0 aromatic carbocycles. The summed E-state index contributed by atoms with van der Waals surface area (Å²) in [5.41, 5.74) is 0. The van der Waals surface area contributed by atoms with E-state index in [1.807, 2.05) is 0 Å². The first-order valence-corrected chi connectivity index (χ1v) is 38.2. The summed E-state index contributed by atoms with van der Waals surface area (Å²) in [6, 6.07) is 0. The molecule has 19 heteroatoms. The number of aliphatic hydroxyl groups is 1. The fourth-order valence-electron chi connectivity index (χ4n) is 10.1. The second-order valence-electron chi connectivity index (χ2n) is 26.5. The predicted octanol–water partition coefficient (Wildman–Crippen LogP) is 18.9. The number of esters is 4. The molecule has 0 saturated heterocycles. The number of phosphoric acid groups is 2. The topological polar surface area (TPSA) is 237 Å². The molecule has 0 aliphatic heterocycles. The van der Waals surface area contributed by atoms with Gasteiger partial charge >= 0.3 is 39.5 Å². The largest absolute Gasteiger partial charge is 0.472 e. The molecule has 0 aliphatic rings. The Morgan fingerprint density at radius 2 is 0.483 bits per heavy atom. The molecule has 0 spiro atoms. The van der Waals surface area contributed by atoms with E-state index in [0.29, 0.717) is 37.5 Å². The van der Waals surface area contributed by atoms with Gasteiger partial charge in [0, 0.05) is 25.7 Å². The second kappa shape index (κ2) is 57.9. The highest BCUT2D eigenvalue weighted by Crippen LogP contribution is 2.45. The number of unbranched alkanes of at least 4 members (excludes halogenated alkanes) is 31. The molecule has 0 saturated carbocycles. The van der Waals surface area contributed by atoms with E-state index in [4.69, 9.17) is 37.0 Å². The zero-order chi connectivity index (χ0) is 64.7. The van der Waals surface area contributed by atoms with Crippen LogP contribution in [0.25, 0.3) is 0 Å². The minimum atomic E-state index is -4.95. The number of carbonyl (C=O) groups is 4. The van der Waals surface area contributed by atoms with Crippen molar-refractivity contribution in [3.63, 3.8) is 0 Å². The lowest BCUT2D eigenvalue weighted by molar-refractivity contribution is -0.161. The zero-order valence-corrected chi connectivity index (χ0v) is 58.4. The monoisotopic (exact) mass is 1280 g/mol. The van der Waals surface area contributed by atoms with Crippen molar-refractivity contribution in [2.75, 3.05) is 39.6 Å². The lowest BCUT2D eigenvalue weighted by Crippen LogP contribution is -2.30. The standard InChI is InChI=1S/C68H132O17P2/c1-58(2)44-36-28-20-16-12-9-10-14-18-22-32-40-48-65(70)78-54-63(84-67(72)50-42-34-23-19-15-11-13-17-21-29-37-45-59(3)4)56-82-86(74,75)80-52-62(69)53-81-87(76,77)83-57-64(85-68(73)51-43-35-27-25-31-39-47-61(7)8)55-79-66(71)49-41-33-26-24-30-38-46-60(5)6/h58-64,69H,9-57H2,1-8H3,(H,74,75)(H,76,77)/t62-,63-,64-/m1/s1. The molecule has 0 amide bonds. The van der Waals surface area contributed by atoms with Crippen molar-refractivity contribution in [1.29, 1.82) is 0 Å². The van der Waals surface area contributed by atoms with Crippen LogP contribution < -0.4 is 0 Å². The van der Waals surface area contributed by atoms with E-state index in [-0.39, 0.29) is 25.7 Å². The van der Waals surface area contributed by atoms with Crippen LogP contribution in [0.5, 0.6) is 0 Å². The molecule has 0 aromatic rings. The normalized spacial score (nSPS) is 14.3. The highest BCUT2D eigenvalue weighted by molar-refractivity contribution is 7.47. The fraction of sp³-hybridized carbons (Fsp3) is 0.941. The third-order valence-electron chi connectivity index (χ3n) is 15.6. The van der Waals surface area contributed by atoms with Gasteiger partial charge in [0.1, 0.15) is 19.3 Å². The maximum Gasteiger partial charge on any atom is 0.472 e. The molecule has 17 nitrogen and oxygen atoms in total. The second-order valence-corrected chi connectivity index (χ2v) is 29.4. The SMILES string of the molecule is CC(C)CCCCCCCCCCCCCCC(=O)OC[C@H](COP(=O)(O)OC[C@@H](O)COP(=O)(O)OC[C@@H](COC(=O)CCCCCCCCC(C)C)OC(=O)CCCCCCCCC(C)C)OC(=O)CCCCCCCCCCCCCC(C)C. The Labute approximate surface area is 530 Å². The minimum Gasteiger partial charge on any atom is -0.462 e. The number of rotatable bonds is 65. The van der Waals surface area contributed by atoms with Crippen LogP contribution in [-0.2, 0) is 65.4 Å². The maximum atomic E-state index is 13.0. The van der Waals surface area contributed by atoms with Crippen LogP contribution >= 0.6 is 15.6 Å². The van der Waals surface area contributed by atoms with E-state index < -0.39 is 97.5 Å². The van der Waals surface area contributed by atoms with E-state index in [2.05, 4.69) is 55.4 Å². The molecule has 0 aliphatic carbocycles. The quantitative estimate of drug-likeness (QED) is 0.0222. The van der Waals surface area contributed by atoms with Gasteiger partial charge in [0.15, 0.2) is 12.2 Å². The summed E-state index contributed by atoms with van der Waals surface area (Å²) in [7, 11) is -9.90. The van der Waals surface area contributed by atoms with Crippen molar-refractivity contribution in [3.8, 4) is 0 Å². The molecule has 5 atom stereocenters. The van der Waals surface area contributed by atoms with Crippen molar-refractivity contribution >= 4 is 39.5 Å². The summed E-state index contributed by atoms with van der Waals surface area (Å²) in [5, 5.41) is 10.6. The molecule has 87 heavy (non-hydrogen) atoms. The van der Waals surface area contributed by atoms with Crippen LogP contribution in [0.4, 0.5) is 0 Å². The molecule has 2 unspecified atom stereocenters. The lowest BCUT2D eigenvalue weighted by Gasteiger charge is -2.21. The van der Waals surface area contributed by atoms with Crippen LogP contribution in [0.2, 0.25) is 0 Å². The number of hydrogen-bond donors (Lipinski definition) is 3. The van der Waals surface area contributed by atoms with E-state index in [1.165, 1.54) is 128 Å². The molecule has 0 fully saturated rings. The highest BCUT2D eigenvalue weighted by atomic mass is 31.2. The van der Waals surface area contributed by atoms with Crippen LogP contribution in [-0.4, -0.2) is 96.7 Å². The predicted molar refractivity (Wildman–Crippen MR) is 349 cm³/mol. The van der Waals surface area contributed by atoms with Gasteiger partial charge in [0.2, 0.25) is 0 Å². The summed E-state index contributed by atoms with van der Waals surface area (Å²) in [5.74, 6) is 0.758. The molecule has 516 valence electrons. The Morgan fingerprint density at radius 1 is 0.287 bits per heavy atom. The number of carbonyl (C=O) groups excluding carboxylic acids is 4. The van der Waals surface area contributed by atoms with Gasteiger partial charge in [0.05, 0.1) is 26.4 Å². The summed E-state index contributed by atoms with van der Waals surface area (Å²) in [6.45, 7) is 14.0. The third kappa shape index (κ3) is 62.6. The molecule has 3 N–H and O–H groups in total. The third-order valence-corrected chi connectivity index (χ3v) is 17.5. The molecular formula is C68H132O17P2. The van der Waals surface area contributed by atoms with Crippen molar-refractivity contribution in [1.82, 2.24) is 0 Å². The first kappa shape index (κ1) is 85.1. The number of ether oxygens (including phenoxy) is 4. The molecular weight excluding hydrogens is 1150 g/mol. The summed E-state index contributed by atoms with van der Waals surface area (Å²) < 4.78 is 68.1. The smallest absolute Gasteiger partial charge is 0.462 e. The van der Waals surface area contributed by atoms with E-state index >= 15 is 0 Å². The van der Waals surface area contributed by atoms with Gasteiger partial charge in [-0.15, -0.1) is 0 Å². The molecule has 0 rings (SSSR count). The van der Waals surface area contributed by atoms with E-state index in [1.54, 1.807) is 0 Å². The van der Waals surface area contributed by atoms with Gasteiger partial charge in [0.25, 0.3) is 0 Å². The van der Waals surface area contributed by atoms with Gasteiger partial charge in [-0.3, -0.25) is 37.3 Å². The van der Waals surface area contributed by atoms with Gasteiger partial charge in [-0.05, 0) is 49.4 Å². The fourth-order valence-corrected chi connectivity index (χ4v) is 11.7. The Hall–Kier alpha value is -1.94. The first-order valence-electron chi connectivity index (χ1n) is 35.2. The number of phosphoric ester groups is 2. The van der Waals surface area contributed by atoms with Crippen LogP contribution in [0, 0.1) is 23.7 Å². The highest BCUT2D eigenvalue weighted by Gasteiger charge is 2.30. The van der Waals surface area contributed by atoms with Crippen LogP contribution in [0.3, 0.4) is 0 Å². The average Bonchev–Trinajstić information content (AvgIpc) is 3.66. The van der Waals surface area contributed by atoms with Crippen molar-refractivity contribution in [2.24, 2.45) is 23.7 Å². The maximum absolute atomic E-state index is 13.0. The van der Waals surface area contributed by atoms with Crippen molar-refractivity contribution < 1.29 is 80.2 Å². The lowest BCUT2D eigenvalue weighted by atomic mass is 10.0. The van der Waals surface area contributed by atoms with E-state index in [0.717, 1.165) is 108 Å². The average molecular weight is 1280 g/mol. The van der Waals surface area contributed by atoms with Crippen molar-refractivity contribution in [2.45, 2.75) is 350 Å². The van der Waals surface area contributed by atoms with Gasteiger partial charge in [-0.25, -0.2) is 9.13 Å². The molecule has 0 bridgehead atoms. The Kier molecular flexibility index (Phi) is 56.6. The number of hydrogen-bond acceptors (Lipinski definition) is 15. The first-order chi connectivity index (χ1) is 41.6. The molecule has 0 radical (unpaired) electrons. The van der Waals surface area contributed by atoms with Gasteiger partial charge in [-0.1, -0.05) is 280 Å². The Balaban J connectivity index is 5.23. The number of aliphatic hydroxyl groups excluding tert-OH is 1. The summed E-state index contributed by atoms with van der Waals surface area (Å²) in [4.78, 5) is 72.4. The van der Waals surface area contributed by atoms with Gasteiger partial charge < -0.3 is 33.8 Å². The van der Waals surface area contributed by atoms with E-state index in [9.17, 15) is 43.2 Å². The molecule has 0 heterocycles. The van der Waals surface area contributed by atoms with Crippen LogP contribution in [0.15, 0.2) is 0 Å². The zero-order valence-electron chi connectivity index (χ0n) is 56.6. The van der Waals surface area contributed by atoms with Crippen molar-refractivity contribution in [3.05, 3.63) is 0 Å². The minimum absolute atomic E-state index is 0.101. The Bertz CT molecular complexity index is 1730. The summed E-state index contributed by atoms with van der Waals surface area (Å²) >= 11 is 0. The molecule has 0 aromatic heterocycles. The van der Waals surface area contributed by atoms with Gasteiger partial charge in [-0.2, -0.15) is 0 Å². The Morgan fingerprint density at radius 3 is 0.713 bits per heavy atom. The van der Waals surface area contributed by atoms with Crippen LogP contribution in [0.1, 0.15) is 331 Å². The summed E-state index contributed by atoms with van der Waals surface area (Å²) in [6.07, 6.45) is 39.3.